The van der Waals surface area contributed by atoms with Gasteiger partial charge in [0.1, 0.15) is 29.6 Å². The summed E-state index contributed by atoms with van der Waals surface area (Å²) in [6, 6.07) is 5.39. The number of ether oxygens (including phenoxy) is 2. The summed E-state index contributed by atoms with van der Waals surface area (Å²) in [7, 11) is 0. The van der Waals surface area contributed by atoms with E-state index in [4.69, 9.17) is 14.6 Å². The Morgan fingerprint density at radius 1 is 1.05 bits per heavy atom. The van der Waals surface area contributed by atoms with E-state index < -0.39 is 42.6 Å². The largest absolute Gasteiger partial charge is 0.507 e. The number of hydrogen-bond acceptors (Lipinski definition) is 8. The number of aromatic hydroxyl groups is 1. The van der Waals surface area contributed by atoms with Crippen LogP contribution >= 0.6 is 0 Å². The second-order valence-corrected chi connectivity index (χ2v) is 4.66. The van der Waals surface area contributed by atoms with Crippen molar-refractivity contribution >= 4 is 11.9 Å². The summed E-state index contributed by atoms with van der Waals surface area (Å²) in [5, 5.41) is 47.2. The van der Waals surface area contributed by atoms with Gasteiger partial charge in [-0.1, -0.05) is 12.1 Å². The Labute approximate surface area is 124 Å². The summed E-state index contributed by atoms with van der Waals surface area (Å²) in [5.41, 5.74) is -0.231. The van der Waals surface area contributed by atoms with Gasteiger partial charge in [0.05, 0.1) is 0 Å². The summed E-state index contributed by atoms with van der Waals surface area (Å²) in [6.07, 6.45) is -9.29. The number of phenolic OH excluding ortho intramolecular Hbond substituents is 1. The Kier molecular flexibility index (Phi) is 4.62. The average Bonchev–Trinajstić information content (AvgIpc) is 2.47. The lowest BCUT2D eigenvalue weighted by atomic mass is 9.99. The Morgan fingerprint density at radius 2 is 1.68 bits per heavy atom. The molecular formula is C13H14O9. The third kappa shape index (κ3) is 3.02. The van der Waals surface area contributed by atoms with E-state index in [0.717, 1.165) is 0 Å². The average molecular weight is 314 g/mol. The van der Waals surface area contributed by atoms with Gasteiger partial charge in [0, 0.05) is 0 Å². The lowest BCUT2D eigenvalue weighted by molar-refractivity contribution is -0.278. The number of esters is 1. The van der Waals surface area contributed by atoms with Crippen molar-refractivity contribution in [1.82, 2.24) is 0 Å². The highest BCUT2D eigenvalue weighted by Gasteiger charge is 2.48. The molecule has 0 saturated carbocycles. The molecule has 0 aliphatic carbocycles. The number of para-hydroxylation sites is 1. The van der Waals surface area contributed by atoms with Gasteiger partial charge in [0.2, 0.25) is 6.29 Å². The highest BCUT2D eigenvalue weighted by atomic mass is 16.7. The number of benzene rings is 1. The van der Waals surface area contributed by atoms with Crippen LogP contribution in [0, 0.1) is 0 Å². The fraction of sp³-hybridized carbons (Fsp3) is 0.385. The Hall–Kier alpha value is -2.20. The molecule has 5 N–H and O–H groups in total. The SMILES string of the molecule is O=C(O[C@@H]1OC(C(=O)O)[C@@H](O)[C@H](O)C1O)c1ccccc1O. The van der Waals surface area contributed by atoms with Crippen LogP contribution in [-0.2, 0) is 14.3 Å². The summed E-state index contributed by atoms with van der Waals surface area (Å²) in [5.74, 6) is -3.06. The number of hydrogen-bond donors (Lipinski definition) is 5. The van der Waals surface area contributed by atoms with Gasteiger partial charge >= 0.3 is 11.9 Å². The first-order chi connectivity index (χ1) is 10.3. The molecule has 0 spiro atoms. The third-order valence-corrected chi connectivity index (χ3v) is 3.16. The minimum absolute atomic E-state index is 0.231. The second kappa shape index (κ2) is 6.28. The van der Waals surface area contributed by atoms with E-state index in [9.17, 15) is 30.0 Å². The number of carboxylic acids is 1. The predicted molar refractivity (Wildman–Crippen MR) is 67.8 cm³/mol. The first-order valence-corrected chi connectivity index (χ1v) is 6.24. The maximum atomic E-state index is 11.9. The van der Waals surface area contributed by atoms with Gasteiger partial charge in [0.25, 0.3) is 0 Å². The summed E-state index contributed by atoms with van der Waals surface area (Å²) in [6.45, 7) is 0. The van der Waals surface area contributed by atoms with Crippen molar-refractivity contribution in [1.29, 1.82) is 0 Å². The molecule has 9 heteroatoms. The highest BCUT2D eigenvalue weighted by molar-refractivity contribution is 5.92. The van der Waals surface area contributed by atoms with E-state index in [-0.39, 0.29) is 11.3 Å². The van der Waals surface area contributed by atoms with Crippen LogP contribution < -0.4 is 0 Å². The molecule has 5 atom stereocenters. The Balaban J connectivity index is 2.16. The van der Waals surface area contributed by atoms with Crippen molar-refractivity contribution in [3.05, 3.63) is 29.8 Å². The maximum absolute atomic E-state index is 11.9. The molecule has 22 heavy (non-hydrogen) atoms. The second-order valence-electron chi connectivity index (χ2n) is 4.66. The van der Waals surface area contributed by atoms with Crippen molar-refractivity contribution in [2.24, 2.45) is 0 Å². The van der Waals surface area contributed by atoms with Crippen molar-refractivity contribution in [3.63, 3.8) is 0 Å². The zero-order valence-corrected chi connectivity index (χ0v) is 11.1. The topological polar surface area (TPSA) is 154 Å². The van der Waals surface area contributed by atoms with Gasteiger partial charge in [0.15, 0.2) is 6.10 Å². The van der Waals surface area contributed by atoms with E-state index in [1.807, 2.05) is 0 Å². The van der Waals surface area contributed by atoms with E-state index in [1.54, 1.807) is 0 Å². The fourth-order valence-corrected chi connectivity index (χ4v) is 1.96. The van der Waals surface area contributed by atoms with Crippen LogP contribution in [0.5, 0.6) is 5.75 Å². The molecule has 1 aromatic rings. The third-order valence-electron chi connectivity index (χ3n) is 3.16. The summed E-state index contributed by atoms with van der Waals surface area (Å²) in [4.78, 5) is 22.8. The van der Waals surface area contributed by atoms with Crippen molar-refractivity contribution < 1.29 is 44.6 Å². The molecule has 9 nitrogen and oxygen atoms in total. The maximum Gasteiger partial charge on any atom is 0.344 e. The quantitative estimate of drug-likeness (QED) is 0.417. The van der Waals surface area contributed by atoms with Gasteiger partial charge in [-0.15, -0.1) is 0 Å². The minimum Gasteiger partial charge on any atom is -0.507 e. The minimum atomic E-state index is -1.88. The van der Waals surface area contributed by atoms with Gasteiger partial charge in [-0.3, -0.25) is 0 Å². The molecule has 0 amide bonds. The number of rotatable bonds is 3. The molecular weight excluding hydrogens is 300 g/mol. The number of aliphatic carboxylic acids is 1. The summed E-state index contributed by atoms with van der Waals surface area (Å²) >= 11 is 0. The normalized spacial score (nSPS) is 31.5. The number of aliphatic hydroxyl groups excluding tert-OH is 3. The predicted octanol–water partition coefficient (Wildman–Crippen LogP) is -1.56. The number of aliphatic hydroxyl groups is 3. The molecule has 1 heterocycles. The summed E-state index contributed by atoms with van der Waals surface area (Å²) < 4.78 is 9.55. The molecule has 0 bridgehead atoms. The lowest BCUT2D eigenvalue weighted by Gasteiger charge is -2.37. The molecule has 1 aliphatic heterocycles. The van der Waals surface area contributed by atoms with Crippen molar-refractivity contribution in [2.75, 3.05) is 0 Å². The fourth-order valence-electron chi connectivity index (χ4n) is 1.96. The standard InChI is InChI=1S/C13H14O9/c14-6-4-2-1-3-5(6)12(20)22-13-9(17)7(15)8(16)10(21-13)11(18)19/h1-4,7-10,13-17H,(H,18,19)/t7-,8-,9?,10?,13-/m0/s1. The van der Waals surface area contributed by atoms with E-state index >= 15 is 0 Å². The smallest absolute Gasteiger partial charge is 0.344 e. The van der Waals surface area contributed by atoms with Crippen LogP contribution in [0.4, 0.5) is 0 Å². The molecule has 120 valence electrons. The molecule has 0 radical (unpaired) electrons. The number of phenols is 1. The monoisotopic (exact) mass is 314 g/mol. The van der Waals surface area contributed by atoms with Gasteiger partial charge in [-0.05, 0) is 12.1 Å². The number of carboxylic acid groups (broad SMARTS) is 1. The van der Waals surface area contributed by atoms with Crippen LogP contribution in [0.25, 0.3) is 0 Å². The van der Waals surface area contributed by atoms with E-state index in [1.165, 1.54) is 24.3 Å². The first kappa shape index (κ1) is 16.2. The van der Waals surface area contributed by atoms with E-state index in [0.29, 0.717) is 0 Å². The van der Waals surface area contributed by atoms with Gasteiger partial charge in [-0.2, -0.15) is 0 Å². The lowest BCUT2D eigenvalue weighted by Crippen LogP contribution is -2.60. The molecule has 2 rings (SSSR count). The van der Waals surface area contributed by atoms with Crippen LogP contribution in [0.3, 0.4) is 0 Å². The van der Waals surface area contributed by atoms with Crippen molar-refractivity contribution in [3.8, 4) is 5.75 Å². The van der Waals surface area contributed by atoms with Crippen LogP contribution in [-0.4, -0.2) is 68.2 Å². The van der Waals surface area contributed by atoms with Crippen LogP contribution in [0.2, 0.25) is 0 Å². The van der Waals surface area contributed by atoms with Gasteiger partial charge in [-0.25, -0.2) is 9.59 Å². The molecule has 1 saturated heterocycles. The van der Waals surface area contributed by atoms with Gasteiger partial charge < -0.3 is 35.0 Å². The molecule has 1 aliphatic rings. The first-order valence-electron chi connectivity index (χ1n) is 6.24. The zero-order chi connectivity index (χ0) is 16.4. The highest BCUT2D eigenvalue weighted by Crippen LogP contribution is 2.24. The number of carbonyl (C=O) groups is 2. The van der Waals surface area contributed by atoms with Crippen LogP contribution in [0.1, 0.15) is 10.4 Å². The Bertz CT molecular complexity index is 572. The molecule has 1 fully saturated rings. The molecule has 2 unspecified atom stereocenters. The Morgan fingerprint density at radius 3 is 2.27 bits per heavy atom. The van der Waals surface area contributed by atoms with Crippen molar-refractivity contribution in [2.45, 2.75) is 30.7 Å². The zero-order valence-electron chi connectivity index (χ0n) is 11.1. The van der Waals surface area contributed by atoms with Crippen LogP contribution in [0.15, 0.2) is 24.3 Å². The number of carbonyl (C=O) groups excluding carboxylic acids is 1. The van der Waals surface area contributed by atoms with E-state index in [2.05, 4.69) is 0 Å². The molecule has 1 aromatic carbocycles. The molecule has 0 aromatic heterocycles.